The summed E-state index contributed by atoms with van der Waals surface area (Å²) >= 11 is 0. The highest BCUT2D eigenvalue weighted by atomic mass is 19.1. The summed E-state index contributed by atoms with van der Waals surface area (Å²) in [5.41, 5.74) is 0.819. The maximum absolute atomic E-state index is 13.4. The van der Waals surface area contributed by atoms with Gasteiger partial charge in [-0.1, -0.05) is 25.8 Å². The fourth-order valence-electron chi connectivity index (χ4n) is 2.42. The van der Waals surface area contributed by atoms with E-state index in [0.29, 0.717) is 5.92 Å². The lowest BCUT2D eigenvalue weighted by molar-refractivity contribution is 0.336. The van der Waals surface area contributed by atoms with Crippen LogP contribution in [0, 0.1) is 11.9 Å². The first kappa shape index (κ1) is 9.63. The molecule has 0 N–H and O–H groups in total. The number of hydrogen-bond acceptors (Lipinski definition) is 1. The number of hydrogen-bond donors (Lipinski definition) is 0. The first-order chi connectivity index (χ1) is 6.77. The minimum Gasteiger partial charge on any atom is -0.228 e. The molecule has 0 saturated heterocycles. The Kier molecular flexibility index (Phi) is 2.80. The van der Waals surface area contributed by atoms with E-state index in [1.807, 2.05) is 12.1 Å². The fourth-order valence-corrected chi connectivity index (χ4v) is 2.42. The van der Waals surface area contributed by atoms with E-state index in [1.54, 1.807) is 0 Å². The lowest BCUT2D eigenvalue weighted by Crippen LogP contribution is -2.13. The van der Waals surface area contributed by atoms with Crippen molar-refractivity contribution in [2.75, 3.05) is 0 Å². The van der Waals surface area contributed by atoms with Crippen LogP contribution in [0.5, 0.6) is 0 Å². The quantitative estimate of drug-likeness (QED) is 0.622. The molecule has 14 heavy (non-hydrogen) atoms. The van der Waals surface area contributed by atoms with Gasteiger partial charge in [-0.05, 0) is 30.7 Å². The molecular formula is C12H16FN. The predicted molar refractivity (Wildman–Crippen MR) is 54.6 cm³/mol. The van der Waals surface area contributed by atoms with E-state index in [2.05, 4.69) is 11.9 Å². The average molecular weight is 193 g/mol. The molecule has 1 aromatic rings. The van der Waals surface area contributed by atoms with Crippen LogP contribution in [-0.4, -0.2) is 4.98 Å². The number of nitrogens with zero attached hydrogens (tertiary/aromatic N) is 1. The zero-order chi connectivity index (χ0) is 9.97. The van der Waals surface area contributed by atoms with Gasteiger partial charge in [0, 0.05) is 11.8 Å². The van der Waals surface area contributed by atoms with Gasteiger partial charge in [0.25, 0.3) is 0 Å². The first-order valence-electron chi connectivity index (χ1n) is 5.38. The van der Waals surface area contributed by atoms with Crippen molar-refractivity contribution >= 4 is 0 Å². The van der Waals surface area contributed by atoms with Crippen molar-refractivity contribution in [1.29, 1.82) is 0 Å². The predicted octanol–water partition coefficient (Wildman–Crippen LogP) is 3.51. The number of rotatable bonds is 1. The van der Waals surface area contributed by atoms with Crippen LogP contribution in [0.3, 0.4) is 0 Å². The lowest BCUT2D eigenvalue weighted by Gasteiger charge is -2.26. The van der Waals surface area contributed by atoms with E-state index in [-0.39, 0.29) is 5.95 Å². The highest BCUT2D eigenvalue weighted by Gasteiger charge is 2.22. The molecule has 1 aliphatic rings. The molecule has 76 valence electrons. The molecule has 1 aliphatic carbocycles. The Labute approximate surface area is 84.4 Å². The third kappa shape index (κ3) is 1.94. The second-order valence-electron chi connectivity index (χ2n) is 4.35. The van der Waals surface area contributed by atoms with Crippen molar-refractivity contribution in [3.8, 4) is 0 Å². The summed E-state index contributed by atoms with van der Waals surface area (Å²) < 4.78 is 13.4. The van der Waals surface area contributed by atoms with Gasteiger partial charge in [-0.25, -0.2) is 4.98 Å². The Bertz CT molecular complexity index is 311. The molecular weight excluding hydrogens is 177 g/mol. The Morgan fingerprint density at radius 1 is 1.43 bits per heavy atom. The monoisotopic (exact) mass is 193 g/mol. The molecule has 0 aromatic carbocycles. The molecule has 2 rings (SSSR count). The first-order valence-corrected chi connectivity index (χ1v) is 5.38. The van der Waals surface area contributed by atoms with Gasteiger partial charge in [0.2, 0.25) is 5.95 Å². The zero-order valence-electron chi connectivity index (χ0n) is 8.54. The highest BCUT2D eigenvalue weighted by Crippen LogP contribution is 2.36. The molecule has 1 fully saturated rings. The van der Waals surface area contributed by atoms with Gasteiger partial charge in [0.15, 0.2) is 0 Å². The maximum Gasteiger partial charge on any atom is 0.216 e. The van der Waals surface area contributed by atoms with Gasteiger partial charge in [-0.15, -0.1) is 0 Å². The summed E-state index contributed by atoms with van der Waals surface area (Å²) in [7, 11) is 0. The van der Waals surface area contributed by atoms with Gasteiger partial charge in [-0.2, -0.15) is 4.39 Å². The SMILES string of the molecule is C[C@@H]1CCCC(c2cccnc2F)C1. The summed E-state index contributed by atoms with van der Waals surface area (Å²) in [5.74, 6) is 0.854. The van der Waals surface area contributed by atoms with Crippen LogP contribution in [0.2, 0.25) is 0 Å². The largest absolute Gasteiger partial charge is 0.228 e. The molecule has 0 spiro atoms. The van der Waals surface area contributed by atoms with E-state index in [1.165, 1.54) is 19.0 Å². The number of halogens is 1. The molecule has 1 heterocycles. The molecule has 0 aliphatic heterocycles. The van der Waals surface area contributed by atoms with E-state index in [9.17, 15) is 4.39 Å². The third-order valence-electron chi connectivity index (χ3n) is 3.16. The zero-order valence-corrected chi connectivity index (χ0v) is 8.54. The van der Waals surface area contributed by atoms with Crippen molar-refractivity contribution in [3.05, 3.63) is 29.8 Å². The van der Waals surface area contributed by atoms with E-state index in [4.69, 9.17) is 0 Å². The second-order valence-corrected chi connectivity index (χ2v) is 4.35. The number of aromatic nitrogens is 1. The molecule has 2 heteroatoms. The summed E-state index contributed by atoms with van der Waals surface area (Å²) in [6.07, 6.45) is 6.26. The lowest BCUT2D eigenvalue weighted by atomic mass is 9.79. The summed E-state index contributed by atoms with van der Waals surface area (Å²) in [4.78, 5) is 3.71. The minimum absolute atomic E-state index is 0.272. The summed E-state index contributed by atoms with van der Waals surface area (Å²) in [6.45, 7) is 2.25. The van der Waals surface area contributed by atoms with Crippen LogP contribution < -0.4 is 0 Å². The van der Waals surface area contributed by atoms with Gasteiger partial charge < -0.3 is 0 Å². The van der Waals surface area contributed by atoms with Crippen LogP contribution >= 0.6 is 0 Å². The van der Waals surface area contributed by atoms with Crippen molar-refractivity contribution in [2.45, 2.75) is 38.5 Å². The Morgan fingerprint density at radius 2 is 2.29 bits per heavy atom. The van der Waals surface area contributed by atoms with Gasteiger partial charge >= 0.3 is 0 Å². The van der Waals surface area contributed by atoms with E-state index < -0.39 is 0 Å². The second kappa shape index (κ2) is 4.07. The van der Waals surface area contributed by atoms with Crippen LogP contribution in [0.15, 0.2) is 18.3 Å². The van der Waals surface area contributed by atoms with E-state index in [0.717, 1.165) is 24.3 Å². The van der Waals surface area contributed by atoms with Crippen molar-refractivity contribution in [3.63, 3.8) is 0 Å². The normalized spacial score (nSPS) is 27.6. The Balaban J connectivity index is 2.18. The van der Waals surface area contributed by atoms with Crippen molar-refractivity contribution in [1.82, 2.24) is 4.98 Å². The van der Waals surface area contributed by atoms with Crippen molar-refractivity contribution in [2.24, 2.45) is 5.92 Å². The molecule has 1 unspecified atom stereocenters. The van der Waals surface area contributed by atoms with Gasteiger partial charge in [0.05, 0.1) is 0 Å². The topological polar surface area (TPSA) is 12.9 Å². The smallest absolute Gasteiger partial charge is 0.216 e. The number of pyridine rings is 1. The van der Waals surface area contributed by atoms with Crippen LogP contribution in [-0.2, 0) is 0 Å². The molecule has 1 nitrogen and oxygen atoms in total. The van der Waals surface area contributed by atoms with Crippen LogP contribution in [0.1, 0.15) is 44.1 Å². The summed E-state index contributed by atoms with van der Waals surface area (Å²) in [5, 5.41) is 0. The van der Waals surface area contributed by atoms with Crippen LogP contribution in [0.4, 0.5) is 4.39 Å². The molecule has 0 bridgehead atoms. The minimum atomic E-state index is -0.272. The standard InChI is InChI=1S/C12H16FN/c1-9-4-2-5-10(8-9)11-6-3-7-14-12(11)13/h3,6-7,9-10H,2,4-5,8H2,1H3/t9-,10?/m1/s1. The molecule has 1 aromatic heterocycles. The highest BCUT2D eigenvalue weighted by molar-refractivity contribution is 5.17. The summed E-state index contributed by atoms with van der Waals surface area (Å²) in [6, 6.07) is 3.71. The Morgan fingerprint density at radius 3 is 3.00 bits per heavy atom. The molecule has 1 saturated carbocycles. The molecule has 0 radical (unpaired) electrons. The van der Waals surface area contributed by atoms with Crippen molar-refractivity contribution < 1.29 is 4.39 Å². The van der Waals surface area contributed by atoms with Gasteiger partial charge in [0.1, 0.15) is 0 Å². The van der Waals surface area contributed by atoms with Gasteiger partial charge in [-0.3, -0.25) is 0 Å². The third-order valence-corrected chi connectivity index (χ3v) is 3.16. The molecule has 0 amide bonds. The maximum atomic E-state index is 13.4. The Hall–Kier alpha value is -0.920. The average Bonchev–Trinajstić information content (AvgIpc) is 2.18. The molecule has 2 atom stereocenters. The van der Waals surface area contributed by atoms with E-state index >= 15 is 0 Å². The fraction of sp³-hybridized carbons (Fsp3) is 0.583. The van der Waals surface area contributed by atoms with Crippen LogP contribution in [0.25, 0.3) is 0 Å².